The fourth-order valence-electron chi connectivity index (χ4n) is 2.39. The molecule has 7 nitrogen and oxygen atoms in total. The number of nitrogens with zero attached hydrogens (tertiary/aromatic N) is 2. The van der Waals surface area contributed by atoms with E-state index in [4.69, 9.17) is 23.2 Å². The molecule has 2 amide bonds. The van der Waals surface area contributed by atoms with Gasteiger partial charge in [0, 0.05) is 26.2 Å². The summed E-state index contributed by atoms with van der Waals surface area (Å²) in [4.78, 5) is 32.3. The molecule has 0 aliphatic heterocycles. The van der Waals surface area contributed by atoms with E-state index < -0.39 is 0 Å². The second-order valence-electron chi connectivity index (χ2n) is 5.80. The zero-order chi connectivity index (χ0) is 19.8. The standard InChI is InChI=1S/C18H21Cl2N5O2/c1-11-13(3-5-15(19)24-11)17(26)22-9-7-21-8-10-23-18(27)14-4-6-16(20)25-12(14)2/h3-6,21H,7-10H2,1-2H3,(H,22,26)(H,23,27). The smallest absolute Gasteiger partial charge is 0.253 e. The van der Waals surface area contributed by atoms with Crippen LogP contribution in [0, 0.1) is 13.8 Å². The molecule has 2 heterocycles. The summed E-state index contributed by atoms with van der Waals surface area (Å²) in [7, 11) is 0. The van der Waals surface area contributed by atoms with Crippen molar-refractivity contribution in [3.05, 3.63) is 57.1 Å². The SMILES string of the molecule is Cc1nc(Cl)ccc1C(=O)NCCNCCNC(=O)c1ccc(Cl)nc1C. The van der Waals surface area contributed by atoms with E-state index in [1.54, 1.807) is 38.1 Å². The number of aromatic nitrogens is 2. The van der Waals surface area contributed by atoms with E-state index in [9.17, 15) is 9.59 Å². The first kappa shape index (κ1) is 21.1. The number of rotatable bonds is 8. The van der Waals surface area contributed by atoms with Crippen LogP contribution in [-0.4, -0.2) is 48.0 Å². The Morgan fingerprint density at radius 2 is 1.19 bits per heavy atom. The molecule has 0 aliphatic rings. The van der Waals surface area contributed by atoms with Crippen molar-refractivity contribution in [2.24, 2.45) is 0 Å². The Kier molecular flexibility index (Phi) is 7.97. The molecular weight excluding hydrogens is 389 g/mol. The minimum Gasteiger partial charge on any atom is -0.351 e. The van der Waals surface area contributed by atoms with Crippen molar-refractivity contribution < 1.29 is 9.59 Å². The summed E-state index contributed by atoms with van der Waals surface area (Å²) in [5.41, 5.74) is 2.17. The first-order valence-electron chi connectivity index (χ1n) is 8.42. The van der Waals surface area contributed by atoms with Crippen molar-refractivity contribution in [2.75, 3.05) is 26.2 Å². The molecule has 144 valence electrons. The molecular formula is C18H21Cl2N5O2. The summed E-state index contributed by atoms with van der Waals surface area (Å²) < 4.78 is 0. The highest BCUT2D eigenvalue weighted by molar-refractivity contribution is 6.29. The van der Waals surface area contributed by atoms with Crippen molar-refractivity contribution in [3.63, 3.8) is 0 Å². The molecule has 0 spiro atoms. The third-order valence-electron chi connectivity index (χ3n) is 3.77. The predicted molar refractivity (Wildman–Crippen MR) is 106 cm³/mol. The maximum absolute atomic E-state index is 12.1. The van der Waals surface area contributed by atoms with Crippen LogP contribution >= 0.6 is 23.2 Å². The summed E-state index contributed by atoms with van der Waals surface area (Å²) >= 11 is 11.6. The minimum absolute atomic E-state index is 0.197. The third-order valence-corrected chi connectivity index (χ3v) is 4.19. The van der Waals surface area contributed by atoms with Gasteiger partial charge >= 0.3 is 0 Å². The molecule has 0 atom stereocenters. The number of hydrogen-bond acceptors (Lipinski definition) is 5. The van der Waals surface area contributed by atoms with Crippen LogP contribution in [-0.2, 0) is 0 Å². The molecule has 3 N–H and O–H groups in total. The topological polar surface area (TPSA) is 96.0 Å². The van der Waals surface area contributed by atoms with E-state index in [0.717, 1.165) is 0 Å². The number of halogens is 2. The average molecular weight is 410 g/mol. The Labute approximate surface area is 167 Å². The first-order chi connectivity index (χ1) is 12.9. The molecule has 27 heavy (non-hydrogen) atoms. The normalized spacial score (nSPS) is 10.5. The van der Waals surface area contributed by atoms with Crippen molar-refractivity contribution in [1.29, 1.82) is 0 Å². The summed E-state index contributed by atoms with van der Waals surface area (Å²) in [6.07, 6.45) is 0. The zero-order valence-electron chi connectivity index (χ0n) is 15.1. The summed E-state index contributed by atoms with van der Waals surface area (Å²) in [5.74, 6) is -0.394. The van der Waals surface area contributed by atoms with E-state index in [1.165, 1.54) is 0 Å². The Balaban J connectivity index is 1.63. The lowest BCUT2D eigenvalue weighted by molar-refractivity contribution is 0.0947. The molecule has 0 aromatic carbocycles. The van der Waals surface area contributed by atoms with Gasteiger partial charge in [0.05, 0.1) is 22.5 Å². The Bertz CT molecular complexity index is 762. The fraction of sp³-hybridized carbons (Fsp3) is 0.333. The second-order valence-corrected chi connectivity index (χ2v) is 6.57. The van der Waals surface area contributed by atoms with Crippen LogP contribution in [0.1, 0.15) is 32.1 Å². The lowest BCUT2D eigenvalue weighted by Gasteiger charge is -2.10. The molecule has 0 saturated carbocycles. The van der Waals surface area contributed by atoms with Gasteiger partial charge in [-0.25, -0.2) is 9.97 Å². The Morgan fingerprint density at radius 3 is 1.56 bits per heavy atom. The third kappa shape index (κ3) is 6.46. The number of hydrogen-bond donors (Lipinski definition) is 3. The maximum atomic E-state index is 12.1. The Morgan fingerprint density at radius 1 is 0.778 bits per heavy atom. The number of carbonyl (C=O) groups excluding carboxylic acids is 2. The van der Waals surface area contributed by atoms with Gasteiger partial charge in [0.15, 0.2) is 0 Å². The molecule has 9 heteroatoms. The molecule has 0 unspecified atom stereocenters. The molecule has 0 fully saturated rings. The lowest BCUT2D eigenvalue weighted by Crippen LogP contribution is -2.36. The molecule has 2 aromatic rings. The molecule has 2 rings (SSSR count). The monoisotopic (exact) mass is 409 g/mol. The van der Waals surface area contributed by atoms with Crippen molar-refractivity contribution in [1.82, 2.24) is 25.9 Å². The number of nitrogens with one attached hydrogen (secondary N) is 3. The van der Waals surface area contributed by atoms with E-state index in [-0.39, 0.29) is 11.8 Å². The van der Waals surface area contributed by atoms with Gasteiger partial charge in [0.2, 0.25) is 0 Å². The molecule has 0 aliphatic carbocycles. The van der Waals surface area contributed by atoms with Crippen LogP contribution in [0.4, 0.5) is 0 Å². The van der Waals surface area contributed by atoms with Gasteiger partial charge in [-0.2, -0.15) is 0 Å². The number of aryl methyl sites for hydroxylation is 2. The van der Waals surface area contributed by atoms with E-state index >= 15 is 0 Å². The maximum Gasteiger partial charge on any atom is 0.253 e. The van der Waals surface area contributed by atoms with Gasteiger partial charge in [-0.05, 0) is 38.1 Å². The van der Waals surface area contributed by atoms with Crippen LogP contribution in [0.15, 0.2) is 24.3 Å². The van der Waals surface area contributed by atoms with Crippen LogP contribution in [0.3, 0.4) is 0 Å². The van der Waals surface area contributed by atoms with Gasteiger partial charge in [0.1, 0.15) is 10.3 Å². The number of amides is 2. The van der Waals surface area contributed by atoms with Gasteiger partial charge in [-0.1, -0.05) is 23.2 Å². The zero-order valence-corrected chi connectivity index (χ0v) is 16.6. The Hall–Kier alpha value is -2.22. The molecule has 0 radical (unpaired) electrons. The highest BCUT2D eigenvalue weighted by Crippen LogP contribution is 2.11. The number of pyridine rings is 2. The first-order valence-corrected chi connectivity index (χ1v) is 9.17. The van der Waals surface area contributed by atoms with Crippen molar-refractivity contribution in [2.45, 2.75) is 13.8 Å². The summed E-state index contributed by atoms with van der Waals surface area (Å²) in [5, 5.41) is 9.47. The molecule has 0 saturated heterocycles. The average Bonchev–Trinajstić information content (AvgIpc) is 2.60. The fourth-order valence-corrected chi connectivity index (χ4v) is 2.76. The van der Waals surface area contributed by atoms with Crippen molar-refractivity contribution >= 4 is 35.0 Å². The van der Waals surface area contributed by atoms with Crippen LogP contribution in [0.25, 0.3) is 0 Å². The highest BCUT2D eigenvalue weighted by Gasteiger charge is 2.10. The lowest BCUT2D eigenvalue weighted by atomic mass is 10.2. The van der Waals surface area contributed by atoms with E-state index in [1.807, 2.05) is 0 Å². The second kappa shape index (κ2) is 10.2. The predicted octanol–water partition coefficient (Wildman–Crippen LogP) is 2.15. The molecule has 2 aromatic heterocycles. The van der Waals surface area contributed by atoms with E-state index in [2.05, 4.69) is 25.9 Å². The summed E-state index contributed by atoms with van der Waals surface area (Å²) in [6, 6.07) is 6.47. The largest absolute Gasteiger partial charge is 0.351 e. The van der Waals surface area contributed by atoms with Crippen LogP contribution in [0.2, 0.25) is 10.3 Å². The summed E-state index contributed by atoms with van der Waals surface area (Å²) in [6.45, 7) is 5.52. The quantitative estimate of drug-likeness (QED) is 0.458. The van der Waals surface area contributed by atoms with Crippen LogP contribution < -0.4 is 16.0 Å². The minimum atomic E-state index is -0.197. The van der Waals surface area contributed by atoms with Gasteiger partial charge in [-0.15, -0.1) is 0 Å². The number of carbonyl (C=O) groups is 2. The van der Waals surface area contributed by atoms with E-state index in [0.29, 0.717) is 59.0 Å². The van der Waals surface area contributed by atoms with Crippen LogP contribution in [0.5, 0.6) is 0 Å². The van der Waals surface area contributed by atoms with Gasteiger partial charge < -0.3 is 16.0 Å². The van der Waals surface area contributed by atoms with Gasteiger partial charge in [-0.3, -0.25) is 9.59 Å². The highest BCUT2D eigenvalue weighted by atomic mass is 35.5. The van der Waals surface area contributed by atoms with Crippen molar-refractivity contribution in [3.8, 4) is 0 Å². The molecule has 0 bridgehead atoms. The van der Waals surface area contributed by atoms with Gasteiger partial charge in [0.25, 0.3) is 11.8 Å².